The summed E-state index contributed by atoms with van der Waals surface area (Å²) >= 11 is 0. The van der Waals surface area contributed by atoms with Crippen LogP contribution in [0.15, 0.2) is 66.9 Å². The van der Waals surface area contributed by atoms with Crippen LogP contribution in [0.4, 0.5) is 0 Å². The Morgan fingerprint density at radius 3 is 2.14 bits per heavy atom. The number of hydrogen-bond donors (Lipinski definition) is 0. The molecule has 0 spiro atoms. The molecule has 0 bridgehead atoms. The van der Waals surface area contributed by atoms with Crippen molar-refractivity contribution >= 4 is 17.5 Å². The number of ketones is 1. The summed E-state index contributed by atoms with van der Waals surface area (Å²) in [5.41, 5.74) is 1.13. The van der Waals surface area contributed by atoms with Gasteiger partial charge in [0.25, 0.3) is 6.10 Å². The predicted octanol–water partition coefficient (Wildman–Crippen LogP) is 2.81. The van der Waals surface area contributed by atoms with Crippen LogP contribution < -0.4 is 0 Å². The minimum atomic E-state index is -1.25. The van der Waals surface area contributed by atoms with E-state index in [0.29, 0.717) is 11.3 Å². The van der Waals surface area contributed by atoms with E-state index in [1.165, 1.54) is 6.26 Å². The van der Waals surface area contributed by atoms with Crippen LogP contribution in [-0.4, -0.2) is 17.9 Å². The molecule has 1 aliphatic rings. The number of rotatable bonds is 3. The molecule has 21 heavy (non-hydrogen) atoms. The van der Waals surface area contributed by atoms with Gasteiger partial charge in [-0.3, -0.25) is 4.79 Å². The summed E-state index contributed by atoms with van der Waals surface area (Å²) in [5, 5.41) is 0. The van der Waals surface area contributed by atoms with E-state index < -0.39 is 17.9 Å². The first-order valence-electron chi connectivity index (χ1n) is 6.48. The molecular formula is C17H12O4. The van der Waals surface area contributed by atoms with Crippen LogP contribution in [0.25, 0.3) is 5.76 Å². The van der Waals surface area contributed by atoms with Crippen molar-refractivity contribution in [1.82, 2.24) is 0 Å². The lowest BCUT2D eigenvalue weighted by atomic mass is 10.1. The van der Waals surface area contributed by atoms with Gasteiger partial charge in [0, 0.05) is 11.1 Å². The largest absolute Gasteiger partial charge is 0.474 e. The van der Waals surface area contributed by atoms with Crippen LogP contribution in [0.5, 0.6) is 0 Å². The summed E-state index contributed by atoms with van der Waals surface area (Å²) < 4.78 is 10.5. The van der Waals surface area contributed by atoms with Gasteiger partial charge in [0.05, 0.1) is 0 Å². The average molecular weight is 280 g/mol. The van der Waals surface area contributed by atoms with Gasteiger partial charge >= 0.3 is 5.97 Å². The van der Waals surface area contributed by atoms with E-state index in [1.54, 1.807) is 42.5 Å². The first-order chi connectivity index (χ1) is 10.3. The van der Waals surface area contributed by atoms with Crippen molar-refractivity contribution in [3.8, 4) is 0 Å². The summed E-state index contributed by atoms with van der Waals surface area (Å²) in [6, 6.07) is 17.6. The standard InChI is InChI=1S/C17H12O4/c18-15(13-9-5-2-6-10-13)16-17(19)21-14(11-20-16)12-7-3-1-4-8-12/h1-11,16H. The number of cyclic esters (lactones) is 1. The zero-order valence-electron chi connectivity index (χ0n) is 11.1. The Labute approximate surface area is 121 Å². The Morgan fingerprint density at radius 2 is 1.52 bits per heavy atom. The molecule has 2 aromatic rings. The van der Waals surface area contributed by atoms with Gasteiger partial charge in [-0.15, -0.1) is 0 Å². The Morgan fingerprint density at radius 1 is 0.905 bits per heavy atom. The molecule has 0 amide bonds. The number of ether oxygens (including phenoxy) is 2. The van der Waals surface area contributed by atoms with Crippen molar-refractivity contribution < 1.29 is 19.1 Å². The zero-order chi connectivity index (χ0) is 14.7. The molecule has 0 saturated heterocycles. The number of benzene rings is 2. The molecule has 4 nitrogen and oxygen atoms in total. The van der Waals surface area contributed by atoms with Crippen LogP contribution in [0.1, 0.15) is 15.9 Å². The van der Waals surface area contributed by atoms with Crippen LogP contribution >= 0.6 is 0 Å². The van der Waals surface area contributed by atoms with E-state index in [0.717, 1.165) is 5.56 Å². The fraction of sp³-hybridized carbons (Fsp3) is 0.0588. The normalized spacial score (nSPS) is 17.4. The second-order valence-electron chi connectivity index (χ2n) is 4.52. The third-order valence-electron chi connectivity index (χ3n) is 3.09. The molecule has 104 valence electrons. The van der Waals surface area contributed by atoms with Crippen molar-refractivity contribution in [1.29, 1.82) is 0 Å². The fourth-order valence-corrected chi connectivity index (χ4v) is 2.02. The van der Waals surface area contributed by atoms with Crippen LogP contribution in [0.3, 0.4) is 0 Å². The molecule has 1 unspecified atom stereocenters. The van der Waals surface area contributed by atoms with Gasteiger partial charge < -0.3 is 9.47 Å². The predicted molar refractivity (Wildman–Crippen MR) is 76.2 cm³/mol. The second-order valence-corrected chi connectivity index (χ2v) is 4.52. The summed E-state index contributed by atoms with van der Waals surface area (Å²) in [6.07, 6.45) is 0.0577. The van der Waals surface area contributed by atoms with E-state index in [1.807, 2.05) is 18.2 Å². The summed E-state index contributed by atoms with van der Waals surface area (Å²) in [6.45, 7) is 0. The molecule has 1 atom stereocenters. The van der Waals surface area contributed by atoms with Crippen molar-refractivity contribution in [3.05, 3.63) is 78.1 Å². The van der Waals surface area contributed by atoms with Crippen molar-refractivity contribution in [2.45, 2.75) is 6.10 Å². The highest BCUT2D eigenvalue weighted by molar-refractivity contribution is 6.12. The van der Waals surface area contributed by atoms with Crippen molar-refractivity contribution in [3.63, 3.8) is 0 Å². The minimum absolute atomic E-state index is 0.303. The fourth-order valence-electron chi connectivity index (χ4n) is 2.02. The van der Waals surface area contributed by atoms with E-state index >= 15 is 0 Å². The summed E-state index contributed by atoms with van der Waals surface area (Å²) in [4.78, 5) is 24.2. The molecule has 1 aliphatic heterocycles. The highest BCUT2D eigenvalue weighted by Crippen LogP contribution is 2.23. The van der Waals surface area contributed by atoms with Crippen LogP contribution in [-0.2, 0) is 14.3 Å². The molecule has 1 heterocycles. The second kappa shape index (κ2) is 5.63. The first kappa shape index (κ1) is 13.1. The first-order valence-corrected chi connectivity index (χ1v) is 6.48. The molecular weight excluding hydrogens is 268 g/mol. The number of esters is 1. The molecule has 0 radical (unpaired) electrons. The molecule has 4 heteroatoms. The maximum Gasteiger partial charge on any atom is 0.361 e. The number of carbonyl (C=O) groups excluding carboxylic acids is 2. The van der Waals surface area contributed by atoms with Gasteiger partial charge in [0.2, 0.25) is 5.78 Å². The Hall–Kier alpha value is -2.88. The minimum Gasteiger partial charge on any atom is -0.474 e. The molecule has 0 aromatic heterocycles. The lowest BCUT2D eigenvalue weighted by Gasteiger charge is -2.21. The SMILES string of the molecule is O=C1OC(c2ccccc2)=COC1C(=O)c1ccccc1. The molecule has 0 fully saturated rings. The highest BCUT2D eigenvalue weighted by Gasteiger charge is 2.34. The van der Waals surface area contributed by atoms with Crippen molar-refractivity contribution in [2.24, 2.45) is 0 Å². The van der Waals surface area contributed by atoms with Gasteiger partial charge in [-0.25, -0.2) is 4.79 Å². The Bertz CT molecular complexity index is 689. The van der Waals surface area contributed by atoms with Crippen LogP contribution in [0.2, 0.25) is 0 Å². The molecule has 0 aliphatic carbocycles. The molecule has 0 N–H and O–H groups in total. The number of hydrogen-bond acceptors (Lipinski definition) is 4. The smallest absolute Gasteiger partial charge is 0.361 e. The molecule has 2 aromatic carbocycles. The Balaban J connectivity index is 1.81. The van der Waals surface area contributed by atoms with Crippen LogP contribution in [0, 0.1) is 0 Å². The summed E-state index contributed by atoms with van der Waals surface area (Å²) in [7, 11) is 0. The van der Waals surface area contributed by atoms with E-state index in [4.69, 9.17) is 9.47 Å². The van der Waals surface area contributed by atoms with Gasteiger partial charge in [-0.2, -0.15) is 0 Å². The lowest BCUT2D eigenvalue weighted by molar-refractivity contribution is -0.146. The average Bonchev–Trinajstić information content (AvgIpc) is 2.56. The van der Waals surface area contributed by atoms with Gasteiger partial charge in [-0.05, 0) is 0 Å². The molecule has 3 rings (SSSR count). The zero-order valence-corrected chi connectivity index (χ0v) is 11.1. The monoisotopic (exact) mass is 280 g/mol. The Kier molecular flexibility index (Phi) is 3.51. The van der Waals surface area contributed by atoms with Gasteiger partial charge in [0.1, 0.15) is 6.26 Å². The third-order valence-corrected chi connectivity index (χ3v) is 3.09. The highest BCUT2D eigenvalue weighted by atomic mass is 16.6. The maximum absolute atomic E-state index is 12.2. The number of Topliss-reactive ketones (excluding diaryl/α,β-unsaturated/α-hetero) is 1. The summed E-state index contributed by atoms with van der Waals surface area (Å²) in [5.74, 6) is -0.813. The van der Waals surface area contributed by atoms with Gasteiger partial charge in [0.15, 0.2) is 5.76 Å². The van der Waals surface area contributed by atoms with Crippen molar-refractivity contribution in [2.75, 3.05) is 0 Å². The van der Waals surface area contributed by atoms with Gasteiger partial charge in [-0.1, -0.05) is 60.7 Å². The van der Waals surface area contributed by atoms with E-state index in [2.05, 4.69) is 0 Å². The topological polar surface area (TPSA) is 52.6 Å². The molecule has 0 saturated carbocycles. The van der Waals surface area contributed by atoms with E-state index in [9.17, 15) is 9.59 Å². The lowest BCUT2D eigenvalue weighted by Crippen LogP contribution is -2.35. The number of carbonyl (C=O) groups is 2. The van der Waals surface area contributed by atoms with E-state index in [-0.39, 0.29) is 0 Å². The quantitative estimate of drug-likeness (QED) is 0.493. The third kappa shape index (κ3) is 2.69. The maximum atomic E-state index is 12.2.